The summed E-state index contributed by atoms with van der Waals surface area (Å²) in [5, 5.41) is 13.9. The Morgan fingerprint density at radius 2 is 1.79 bits per heavy atom. The molecule has 4 rings (SSSR count). The van der Waals surface area contributed by atoms with Crippen LogP contribution < -0.4 is 19.7 Å². The molecule has 0 saturated carbocycles. The minimum absolute atomic E-state index is 0.0714. The number of nitro groups is 1. The molecule has 1 heterocycles. The standard InChI is InChI=1S/C26H19Cl2N3O7/c1-2-37-22-12-16(11-21(28)23(22)38-14-15-5-3-6-17(27)9-15)10-20-24(32)29-26(34)30(25(20)33)18-7-4-8-19(13-18)31(35)36/h3-13H,2,14H2,1H3,(H,29,32,34)/b20-10+. The van der Waals surface area contributed by atoms with Gasteiger partial charge in [0.25, 0.3) is 17.5 Å². The second kappa shape index (κ2) is 11.3. The maximum Gasteiger partial charge on any atom is 0.335 e. The molecule has 1 aliphatic heterocycles. The van der Waals surface area contributed by atoms with Gasteiger partial charge in [-0.15, -0.1) is 0 Å². The third-order valence-electron chi connectivity index (χ3n) is 5.32. The number of nitro benzene ring substituents is 1. The predicted octanol–water partition coefficient (Wildman–Crippen LogP) is 5.55. The highest BCUT2D eigenvalue weighted by Gasteiger charge is 2.37. The molecule has 0 bridgehead atoms. The first-order chi connectivity index (χ1) is 18.2. The van der Waals surface area contributed by atoms with E-state index in [1.807, 2.05) is 6.07 Å². The van der Waals surface area contributed by atoms with Gasteiger partial charge < -0.3 is 9.47 Å². The van der Waals surface area contributed by atoms with Crippen molar-refractivity contribution < 1.29 is 28.8 Å². The summed E-state index contributed by atoms with van der Waals surface area (Å²) >= 11 is 12.5. The lowest BCUT2D eigenvalue weighted by Crippen LogP contribution is -2.54. The van der Waals surface area contributed by atoms with E-state index in [0.29, 0.717) is 15.5 Å². The van der Waals surface area contributed by atoms with Gasteiger partial charge >= 0.3 is 6.03 Å². The van der Waals surface area contributed by atoms with Crippen LogP contribution >= 0.6 is 23.2 Å². The Hall–Kier alpha value is -4.41. The van der Waals surface area contributed by atoms with Crippen molar-refractivity contribution in [3.63, 3.8) is 0 Å². The molecule has 1 aliphatic rings. The molecule has 1 saturated heterocycles. The third kappa shape index (κ3) is 5.77. The molecule has 38 heavy (non-hydrogen) atoms. The van der Waals surface area contributed by atoms with Crippen molar-refractivity contribution in [2.24, 2.45) is 0 Å². The smallest absolute Gasteiger partial charge is 0.335 e. The number of urea groups is 1. The number of nitrogens with one attached hydrogen (secondary N) is 1. The summed E-state index contributed by atoms with van der Waals surface area (Å²) in [7, 11) is 0. The molecule has 1 N–H and O–H groups in total. The second-order valence-corrected chi connectivity index (χ2v) is 8.76. The summed E-state index contributed by atoms with van der Waals surface area (Å²) in [5.41, 5.74) is 0.338. The number of non-ortho nitro benzene ring substituents is 1. The number of benzene rings is 3. The molecule has 10 nitrogen and oxygen atoms in total. The number of rotatable bonds is 8. The first-order valence-corrected chi connectivity index (χ1v) is 11.9. The van der Waals surface area contributed by atoms with E-state index in [1.54, 1.807) is 25.1 Å². The topological polar surface area (TPSA) is 128 Å². The van der Waals surface area contributed by atoms with Crippen molar-refractivity contribution in [1.82, 2.24) is 5.32 Å². The fourth-order valence-corrected chi connectivity index (χ4v) is 4.15. The van der Waals surface area contributed by atoms with Gasteiger partial charge in [0.05, 0.1) is 22.2 Å². The Labute approximate surface area is 226 Å². The van der Waals surface area contributed by atoms with Gasteiger partial charge in [0.15, 0.2) is 11.5 Å². The molecule has 3 aromatic carbocycles. The number of hydrogen-bond acceptors (Lipinski definition) is 7. The Morgan fingerprint density at radius 3 is 2.50 bits per heavy atom. The van der Waals surface area contributed by atoms with Gasteiger partial charge in [0.1, 0.15) is 12.2 Å². The Balaban J connectivity index is 1.67. The molecule has 0 radical (unpaired) electrons. The quantitative estimate of drug-likeness (QED) is 0.167. The summed E-state index contributed by atoms with van der Waals surface area (Å²) in [6.07, 6.45) is 1.24. The van der Waals surface area contributed by atoms with Gasteiger partial charge in [-0.1, -0.05) is 41.4 Å². The van der Waals surface area contributed by atoms with E-state index in [1.165, 1.54) is 36.4 Å². The van der Waals surface area contributed by atoms with Crippen molar-refractivity contribution in [1.29, 1.82) is 0 Å². The Kier molecular flexibility index (Phi) is 7.94. The number of nitrogens with zero attached hydrogens (tertiary/aromatic N) is 2. The number of carbonyl (C=O) groups is 3. The summed E-state index contributed by atoms with van der Waals surface area (Å²) < 4.78 is 11.6. The summed E-state index contributed by atoms with van der Waals surface area (Å²) in [4.78, 5) is 49.3. The van der Waals surface area contributed by atoms with E-state index in [2.05, 4.69) is 5.32 Å². The molecule has 0 atom stereocenters. The lowest BCUT2D eigenvalue weighted by molar-refractivity contribution is -0.384. The van der Waals surface area contributed by atoms with E-state index in [9.17, 15) is 24.5 Å². The van der Waals surface area contributed by atoms with Gasteiger partial charge in [-0.3, -0.25) is 25.0 Å². The fraction of sp³-hybridized carbons (Fsp3) is 0.115. The lowest BCUT2D eigenvalue weighted by Gasteiger charge is -2.26. The fourth-order valence-electron chi connectivity index (χ4n) is 3.66. The van der Waals surface area contributed by atoms with Crippen molar-refractivity contribution >= 4 is 58.5 Å². The summed E-state index contributed by atoms with van der Waals surface area (Å²) in [5.74, 6) is -1.38. The zero-order valence-corrected chi connectivity index (χ0v) is 21.3. The van der Waals surface area contributed by atoms with Gasteiger partial charge in [0.2, 0.25) is 0 Å². The maximum absolute atomic E-state index is 13.2. The highest BCUT2D eigenvalue weighted by Crippen LogP contribution is 2.38. The molecule has 194 valence electrons. The Bertz CT molecular complexity index is 1490. The number of amides is 4. The average Bonchev–Trinajstić information content (AvgIpc) is 2.86. The molecular weight excluding hydrogens is 537 g/mol. The van der Waals surface area contributed by atoms with Crippen molar-refractivity contribution in [3.05, 3.63) is 97.5 Å². The molecule has 0 unspecified atom stereocenters. The number of hydrogen-bond donors (Lipinski definition) is 1. The van der Waals surface area contributed by atoms with Crippen LogP contribution in [0.1, 0.15) is 18.1 Å². The number of carbonyl (C=O) groups excluding carboxylic acids is 3. The van der Waals surface area contributed by atoms with Gasteiger partial charge in [-0.05, 0) is 54.5 Å². The van der Waals surface area contributed by atoms with Crippen LogP contribution in [0.5, 0.6) is 11.5 Å². The molecule has 0 aromatic heterocycles. The number of ether oxygens (including phenoxy) is 2. The average molecular weight is 556 g/mol. The molecule has 0 spiro atoms. The number of halogens is 2. The lowest BCUT2D eigenvalue weighted by atomic mass is 10.1. The van der Waals surface area contributed by atoms with Crippen LogP contribution in [0.3, 0.4) is 0 Å². The zero-order valence-electron chi connectivity index (χ0n) is 19.8. The van der Waals surface area contributed by atoms with Crippen LogP contribution in [0.4, 0.5) is 16.2 Å². The SMILES string of the molecule is CCOc1cc(/C=C2\C(=O)NC(=O)N(c3cccc([N+](=O)[O-])c3)C2=O)cc(Cl)c1OCc1cccc(Cl)c1. The highest BCUT2D eigenvalue weighted by atomic mass is 35.5. The number of barbiturate groups is 1. The first kappa shape index (κ1) is 26.6. The third-order valence-corrected chi connectivity index (χ3v) is 5.83. The van der Waals surface area contributed by atoms with Gasteiger partial charge in [0, 0.05) is 17.2 Å². The molecular formula is C26H19Cl2N3O7. The van der Waals surface area contributed by atoms with E-state index >= 15 is 0 Å². The van der Waals surface area contributed by atoms with E-state index in [0.717, 1.165) is 11.6 Å². The van der Waals surface area contributed by atoms with E-state index in [-0.39, 0.29) is 46.7 Å². The van der Waals surface area contributed by atoms with Crippen LogP contribution in [0.15, 0.2) is 66.2 Å². The largest absolute Gasteiger partial charge is 0.490 e. The Morgan fingerprint density at radius 1 is 1.03 bits per heavy atom. The first-order valence-electron chi connectivity index (χ1n) is 11.2. The van der Waals surface area contributed by atoms with Crippen molar-refractivity contribution in [3.8, 4) is 11.5 Å². The summed E-state index contributed by atoms with van der Waals surface area (Å²) in [6, 6.07) is 14.0. The molecule has 3 aromatic rings. The van der Waals surface area contributed by atoms with Gasteiger partial charge in [-0.2, -0.15) is 0 Å². The second-order valence-electron chi connectivity index (χ2n) is 7.92. The van der Waals surface area contributed by atoms with Gasteiger partial charge in [-0.25, -0.2) is 9.69 Å². The summed E-state index contributed by atoms with van der Waals surface area (Å²) in [6.45, 7) is 2.20. The van der Waals surface area contributed by atoms with Crippen LogP contribution in [-0.2, 0) is 16.2 Å². The van der Waals surface area contributed by atoms with Crippen LogP contribution in [0.25, 0.3) is 6.08 Å². The van der Waals surface area contributed by atoms with E-state index in [4.69, 9.17) is 32.7 Å². The van der Waals surface area contributed by atoms with Crippen molar-refractivity contribution in [2.45, 2.75) is 13.5 Å². The monoisotopic (exact) mass is 555 g/mol. The molecule has 12 heteroatoms. The van der Waals surface area contributed by atoms with E-state index < -0.39 is 22.8 Å². The predicted molar refractivity (Wildman–Crippen MR) is 141 cm³/mol. The minimum atomic E-state index is -1.03. The van der Waals surface area contributed by atoms with Crippen LogP contribution in [0.2, 0.25) is 10.0 Å². The number of imide groups is 2. The highest BCUT2D eigenvalue weighted by molar-refractivity contribution is 6.39. The normalized spacial score (nSPS) is 14.4. The zero-order chi connectivity index (χ0) is 27.4. The maximum atomic E-state index is 13.2. The number of anilines is 1. The molecule has 1 fully saturated rings. The molecule has 4 amide bonds. The van der Waals surface area contributed by atoms with Crippen molar-refractivity contribution in [2.75, 3.05) is 11.5 Å². The van der Waals surface area contributed by atoms with Crippen LogP contribution in [0, 0.1) is 10.1 Å². The van der Waals surface area contributed by atoms with Crippen LogP contribution in [-0.4, -0.2) is 29.4 Å². The minimum Gasteiger partial charge on any atom is -0.490 e. The molecule has 0 aliphatic carbocycles.